The summed E-state index contributed by atoms with van der Waals surface area (Å²) in [6.07, 6.45) is 4.87. The van der Waals surface area contributed by atoms with Gasteiger partial charge in [-0.05, 0) is 37.1 Å². The highest BCUT2D eigenvalue weighted by atomic mass is 16.5. The van der Waals surface area contributed by atoms with Crippen molar-refractivity contribution in [3.8, 4) is 0 Å². The maximum atomic E-state index is 11.1. The fourth-order valence-corrected chi connectivity index (χ4v) is 1.06. The summed E-state index contributed by atoms with van der Waals surface area (Å²) in [5.41, 5.74) is 1.86. The third-order valence-electron chi connectivity index (χ3n) is 1.76. The molecule has 74 valence electrons. The number of rotatable bonds is 3. The van der Waals surface area contributed by atoms with E-state index in [-0.39, 0.29) is 5.97 Å². The zero-order valence-corrected chi connectivity index (χ0v) is 8.36. The van der Waals surface area contributed by atoms with Gasteiger partial charge in [0.25, 0.3) is 0 Å². The first-order valence-corrected chi connectivity index (χ1v) is 4.49. The van der Waals surface area contributed by atoms with Crippen LogP contribution < -0.4 is 0 Å². The third kappa shape index (κ3) is 3.01. The Kier molecular flexibility index (Phi) is 3.85. The van der Waals surface area contributed by atoms with Crippen LogP contribution in [0.4, 0.5) is 0 Å². The molecule has 3 heteroatoms. The van der Waals surface area contributed by atoms with Gasteiger partial charge in [0.1, 0.15) is 0 Å². The lowest BCUT2D eigenvalue weighted by Gasteiger charge is -2.00. The van der Waals surface area contributed by atoms with Crippen molar-refractivity contribution in [2.24, 2.45) is 0 Å². The number of hydrogen-bond acceptors (Lipinski definition) is 3. The van der Waals surface area contributed by atoms with E-state index in [9.17, 15) is 4.79 Å². The molecular formula is C11H13NO2. The largest absolute Gasteiger partial charge is 0.463 e. The number of ether oxygens (including phenoxy) is 1. The molecule has 0 aliphatic carbocycles. The number of allylic oxidation sites excluding steroid dienone is 1. The van der Waals surface area contributed by atoms with Gasteiger partial charge in [-0.2, -0.15) is 0 Å². The molecular weight excluding hydrogens is 178 g/mol. The van der Waals surface area contributed by atoms with E-state index in [4.69, 9.17) is 4.74 Å². The minimum absolute atomic E-state index is 0.304. The second-order valence-electron chi connectivity index (χ2n) is 2.82. The summed E-state index contributed by atoms with van der Waals surface area (Å²) in [4.78, 5) is 15.0. The van der Waals surface area contributed by atoms with Crippen LogP contribution in [-0.4, -0.2) is 17.6 Å². The molecule has 0 saturated heterocycles. The molecule has 0 saturated carbocycles. The molecule has 14 heavy (non-hydrogen) atoms. The summed E-state index contributed by atoms with van der Waals surface area (Å²) in [5.74, 6) is -0.304. The molecule has 3 nitrogen and oxygen atoms in total. The van der Waals surface area contributed by atoms with Gasteiger partial charge in [0.15, 0.2) is 0 Å². The summed E-state index contributed by atoms with van der Waals surface area (Å²) >= 11 is 0. The van der Waals surface area contributed by atoms with Crippen LogP contribution in [0.5, 0.6) is 0 Å². The van der Waals surface area contributed by atoms with Crippen molar-refractivity contribution >= 4 is 11.5 Å². The number of aromatic nitrogens is 1. The highest BCUT2D eigenvalue weighted by molar-refractivity contribution is 5.90. The average Bonchev–Trinajstić information content (AvgIpc) is 2.19. The van der Waals surface area contributed by atoms with Gasteiger partial charge in [0, 0.05) is 18.5 Å². The molecule has 0 aliphatic rings. The summed E-state index contributed by atoms with van der Waals surface area (Å²) in [6, 6.07) is 3.70. The second kappa shape index (κ2) is 5.17. The summed E-state index contributed by atoms with van der Waals surface area (Å²) in [6.45, 7) is 4.05. The van der Waals surface area contributed by atoms with Crippen LogP contribution >= 0.6 is 0 Å². The molecule has 1 heterocycles. The quantitative estimate of drug-likeness (QED) is 0.542. The maximum Gasteiger partial charge on any atom is 0.331 e. The minimum Gasteiger partial charge on any atom is -0.463 e. The van der Waals surface area contributed by atoms with Gasteiger partial charge in [-0.1, -0.05) is 0 Å². The molecule has 0 unspecified atom stereocenters. The molecule has 0 N–H and O–H groups in total. The fourth-order valence-electron chi connectivity index (χ4n) is 1.06. The SMILES string of the molecule is CCOC(=O)/C=C(\C)c1ccncc1. The van der Waals surface area contributed by atoms with Crippen LogP contribution in [-0.2, 0) is 9.53 Å². The Balaban J connectivity index is 2.75. The molecule has 1 rings (SSSR count). The zero-order chi connectivity index (χ0) is 10.4. The molecule has 0 bridgehead atoms. The number of esters is 1. The van der Waals surface area contributed by atoms with Gasteiger partial charge >= 0.3 is 5.97 Å². The molecule has 0 aromatic carbocycles. The second-order valence-corrected chi connectivity index (χ2v) is 2.82. The van der Waals surface area contributed by atoms with Gasteiger partial charge in [-0.15, -0.1) is 0 Å². The number of hydrogen-bond donors (Lipinski definition) is 0. The monoisotopic (exact) mass is 191 g/mol. The van der Waals surface area contributed by atoms with E-state index in [1.165, 1.54) is 6.08 Å². The van der Waals surface area contributed by atoms with Crippen molar-refractivity contribution in [1.29, 1.82) is 0 Å². The maximum absolute atomic E-state index is 11.1. The Hall–Kier alpha value is -1.64. The van der Waals surface area contributed by atoms with Crippen molar-refractivity contribution in [1.82, 2.24) is 4.98 Å². The molecule has 0 aliphatic heterocycles. The van der Waals surface area contributed by atoms with E-state index >= 15 is 0 Å². The predicted molar refractivity (Wildman–Crippen MR) is 54.5 cm³/mol. The standard InChI is InChI=1S/C11H13NO2/c1-3-14-11(13)8-9(2)10-4-6-12-7-5-10/h4-8H,3H2,1-2H3/b9-8+. The summed E-state index contributed by atoms with van der Waals surface area (Å²) < 4.78 is 4.80. The van der Waals surface area contributed by atoms with Crippen LogP contribution in [0.1, 0.15) is 19.4 Å². The summed E-state index contributed by atoms with van der Waals surface area (Å²) in [7, 11) is 0. The first-order chi connectivity index (χ1) is 6.74. The predicted octanol–water partition coefficient (Wildman–Crippen LogP) is 2.05. The molecule has 0 atom stereocenters. The van der Waals surface area contributed by atoms with Gasteiger partial charge in [0.05, 0.1) is 6.61 Å². The average molecular weight is 191 g/mol. The number of pyridine rings is 1. The fraction of sp³-hybridized carbons (Fsp3) is 0.273. The molecule has 0 amide bonds. The van der Waals surface area contributed by atoms with E-state index in [2.05, 4.69) is 4.98 Å². The topological polar surface area (TPSA) is 39.2 Å². The van der Waals surface area contributed by atoms with E-state index in [1.54, 1.807) is 19.3 Å². The van der Waals surface area contributed by atoms with Crippen LogP contribution in [0.25, 0.3) is 5.57 Å². The lowest BCUT2D eigenvalue weighted by Crippen LogP contribution is -2.00. The highest BCUT2D eigenvalue weighted by Gasteiger charge is 1.99. The van der Waals surface area contributed by atoms with Gasteiger partial charge in [-0.3, -0.25) is 4.98 Å². The molecule has 0 spiro atoms. The summed E-state index contributed by atoms with van der Waals surface area (Å²) in [5, 5.41) is 0. The van der Waals surface area contributed by atoms with Gasteiger partial charge in [0.2, 0.25) is 0 Å². The Morgan fingerprint density at radius 1 is 1.50 bits per heavy atom. The number of nitrogens with zero attached hydrogens (tertiary/aromatic N) is 1. The molecule has 0 fully saturated rings. The molecule has 1 aromatic rings. The normalized spacial score (nSPS) is 11.1. The lowest BCUT2D eigenvalue weighted by atomic mass is 10.1. The molecule has 1 aromatic heterocycles. The first-order valence-electron chi connectivity index (χ1n) is 4.49. The van der Waals surface area contributed by atoms with E-state index < -0.39 is 0 Å². The van der Waals surface area contributed by atoms with Crippen LogP contribution in [0.3, 0.4) is 0 Å². The van der Waals surface area contributed by atoms with Crippen molar-refractivity contribution in [2.75, 3.05) is 6.61 Å². The lowest BCUT2D eigenvalue weighted by molar-refractivity contribution is -0.137. The Labute approximate surface area is 83.4 Å². The van der Waals surface area contributed by atoms with Gasteiger partial charge in [-0.25, -0.2) is 4.79 Å². The van der Waals surface area contributed by atoms with Crippen molar-refractivity contribution in [3.05, 3.63) is 36.2 Å². The highest BCUT2D eigenvalue weighted by Crippen LogP contribution is 2.11. The zero-order valence-electron chi connectivity index (χ0n) is 8.36. The third-order valence-corrected chi connectivity index (χ3v) is 1.76. The smallest absolute Gasteiger partial charge is 0.331 e. The Morgan fingerprint density at radius 2 is 2.14 bits per heavy atom. The first kappa shape index (κ1) is 10.4. The van der Waals surface area contributed by atoms with Crippen molar-refractivity contribution in [3.63, 3.8) is 0 Å². The van der Waals surface area contributed by atoms with Crippen molar-refractivity contribution < 1.29 is 9.53 Å². The number of carbonyl (C=O) groups is 1. The number of carbonyl (C=O) groups excluding carboxylic acids is 1. The Morgan fingerprint density at radius 3 is 2.71 bits per heavy atom. The van der Waals surface area contributed by atoms with Crippen LogP contribution in [0, 0.1) is 0 Å². The van der Waals surface area contributed by atoms with E-state index in [0.717, 1.165) is 11.1 Å². The Bertz CT molecular complexity index is 330. The van der Waals surface area contributed by atoms with Crippen LogP contribution in [0.15, 0.2) is 30.6 Å². The van der Waals surface area contributed by atoms with E-state index in [1.807, 2.05) is 19.1 Å². The van der Waals surface area contributed by atoms with Crippen LogP contribution in [0.2, 0.25) is 0 Å². The van der Waals surface area contributed by atoms with E-state index in [0.29, 0.717) is 6.61 Å². The van der Waals surface area contributed by atoms with Gasteiger partial charge < -0.3 is 4.74 Å². The minimum atomic E-state index is -0.304. The van der Waals surface area contributed by atoms with Crippen molar-refractivity contribution in [2.45, 2.75) is 13.8 Å². The molecule has 0 radical (unpaired) electrons.